The molecule has 0 bridgehead atoms. The van der Waals surface area contributed by atoms with E-state index in [9.17, 15) is 5.11 Å². The summed E-state index contributed by atoms with van der Waals surface area (Å²) in [5, 5.41) is 10.3. The number of hydrogen-bond donors (Lipinski definition) is 1. The minimum Gasteiger partial charge on any atom is -0.493 e. The molecule has 2 unspecified atom stereocenters. The maximum Gasteiger partial charge on any atom is 0.126 e. The van der Waals surface area contributed by atoms with Crippen molar-refractivity contribution in [1.82, 2.24) is 0 Å². The molecule has 1 aromatic carbocycles. The Bertz CT molecular complexity index is 400. The third-order valence-corrected chi connectivity index (χ3v) is 4.12. The van der Waals surface area contributed by atoms with Gasteiger partial charge in [0.2, 0.25) is 0 Å². The Balaban J connectivity index is 1.94. The zero-order valence-electron chi connectivity index (χ0n) is 10.2. The van der Waals surface area contributed by atoms with Gasteiger partial charge in [0.1, 0.15) is 5.75 Å². The number of rotatable bonds is 1. The van der Waals surface area contributed by atoms with E-state index in [4.69, 9.17) is 4.74 Å². The molecule has 1 aliphatic heterocycles. The molecule has 0 amide bonds. The monoisotopic (exact) mass is 232 g/mol. The molecule has 1 heterocycles. The van der Waals surface area contributed by atoms with E-state index in [0.717, 1.165) is 38.0 Å². The van der Waals surface area contributed by atoms with Gasteiger partial charge in [-0.15, -0.1) is 0 Å². The third-order valence-electron chi connectivity index (χ3n) is 4.12. The zero-order chi connectivity index (χ0) is 11.7. The van der Waals surface area contributed by atoms with E-state index in [-0.39, 0.29) is 12.0 Å². The molecule has 2 heteroatoms. The summed E-state index contributed by atoms with van der Waals surface area (Å²) in [6.45, 7) is 0.801. The lowest BCUT2D eigenvalue weighted by Gasteiger charge is -2.22. The standard InChI is InChI=1S/C15H20O2/c16-14-8-3-1-2-6-12(14)13-7-4-5-11-9-10-17-15(11)13/h4-5,7,12,14,16H,1-3,6,8-10H2. The van der Waals surface area contributed by atoms with Gasteiger partial charge in [0.05, 0.1) is 12.7 Å². The van der Waals surface area contributed by atoms with Gasteiger partial charge in [0.25, 0.3) is 0 Å². The summed E-state index contributed by atoms with van der Waals surface area (Å²) in [5.41, 5.74) is 2.56. The number of hydrogen-bond acceptors (Lipinski definition) is 2. The molecule has 2 nitrogen and oxygen atoms in total. The van der Waals surface area contributed by atoms with Gasteiger partial charge in [-0.3, -0.25) is 0 Å². The summed E-state index contributed by atoms with van der Waals surface area (Å²) in [7, 11) is 0. The Kier molecular flexibility index (Phi) is 3.06. The quantitative estimate of drug-likeness (QED) is 0.754. The predicted molar refractivity (Wildman–Crippen MR) is 67.5 cm³/mol. The average Bonchev–Trinajstić information content (AvgIpc) is 2.72. The Morgan fingerprint density at radius 3 is 2.94 bits per heavy atom. The molecule has 0 radical (unpaired) electrons. The number of ether oxygens (including phenoxy) is 1. The van der Waals surface area contributed by atoms with E-state index in [1.54, 1.807) is 0 Å². The highest BCUT2D eigenvalue weighted by atomic mass is 16.5. The normalized spacial score (nSPS) is 28.3. The van der Waals surface area contributed by atoms with Crippen LogP contribution in [0.5, 0.6) is 5.75 Å². The zero-order valence-corrected chi connectivity index (χ0v) is 10.2. The summed E-state index contributed by atoms with van der Waals surface area (Å²) in [5.74, 6) is 1.35. The second kappa shape index (κ2) is 4.69. The van der Waals surface area contributed by atoms with Crippen LogP contribution in [0.2, 0.25) is 0 Å². The summed E-state index contributed by atoms with van der Waals surface area (Å²) in [6, 6.07) is 6.40. The highest BCUT2D eigenvalue weighted by molar-refractivity contribution is 5.46. The van der Waals surface area contributed by atoms with Crippen molar-refractivity contribution < 1.29 is 9.84 Å². The molecule has 92 valence electrons. The van der Waals surface area contributed by atoms with Crippen LogP contribution in [0.1, 0.15) is 49.1 Å². The van der Waals surface area contributed by atoms with Crippen molar-refractivity contribution in [2.24, 2.45) is 0 Å². The van der Waals surface area contributed by atoms with Crippen molar-refractivity contribution in [3.05, 3.63) is 29.3 Å². The van der Waals surface area contributed by atoms with Crippen molar-refractivity contribution >= 4 is 0 Å². The number of aliphatic hydroxyl groups excluding tert-OH is 1. The second-order valence-corrected chi connectivity index (χ2v) is 5.25. The highest BCUT2D eigenvalue weighted by Gasteiger charge is 2.28. The number of fused-ring (bicyclic) bond motifs is 1. The van der Waals surface area contributed by atoms with Crippen molar-refractivity contribution in [2.75, 3.05) is 6.61 Å². The topological polar surface area (TPSA) is 29.5 Å². The number of para-hydroxylation sites is 1. The molecule has 0 aromatic heterocycles. The lowest BCUT2D eigenvalue weighted by atomic mass is 9.88. The Hall–Kier alpha value is -1.02. The minimum absolute atomic E-state index is 0.187. The fourth-order valence-corrected chi connectivity index (χ4v) is 3.18. The predicted octanol–water partition coefficient (Wildman–Crippen LogP) is 3.03. The Morgan fingerprint density at radius 1 is 1.12 bits per heavy atom. The van der Waals surface area contributed by atoms with Crippen LogP contribution >= 0.6 is 0 Å². The van der Waals surface area contributed by atoms with Gasteiger partial charge >= 0.3 is 0 Å². The first-order valence-electron chi connectivity index (χ1n) is 6.79. The van der Waals surface area contributed by atoms with Crippen LogP contribution < -0.4 is 4.74 Å². The van der Waals surface area contributed by atoms with Crippen LogP contribution in [-0.4, -0.2) is 17.8 Å². The van der Waals surface area contributed by atoms with Gasteiger partial charge in [-0.25, -0.2) is 0 Å². The van der Waals surface area contributed by atoms with E-state index in [1.807, 2.05) is 0 Å². The Labute approximate surface area is 103 Å². The van der Waals surface area contributed by atoms with E-state index in [1.165, 1.54) is 24.0 Å². The fraction of sp³-hybridized carbons (Fsp3) is 0.600. The molecule has 17 heavy (non-hydrogen) atoms. The van der Waals surface area contributed by atoms with Crippen molar-refractivity contribution in [3.8, 4) is 5.75 Å². The van der Waals surface area contributed by atoms with Crippen LogP contribution in [0.25, 0.3) is 0 Å². The van der Waals surface area contributed by atoms with Crippen molar-refractivity contribution in [3.63, 3.8) is 0 Å². The molecule has 1 aliphatic carbocycles. The van der Waals surface area contributed by atoms with E-state index >= 15 is 0 Å². The molecule has 1 N–H and O–H groups in total. The van der Waals surface area contributed by atoms with Gasteiger partial charge in [-0.1, -0.05) is 37.5 Å². The molecule has 1 aromatic rings. The summed E-state index contributed by atoms with van der Waals surface area (Å²) in [6.07, 6.45) is 6.51. The Morgan fingerprint density at radius 2 is 2.00 bits per heavy atom. The largest absolute Gasteiger partial charge is 0.493 e. The van der Waals surface area contributed by atoms with Gasteiger partial charge in [0, 0.05) is 17.9 Å². The lowest BCUT2D eigenvalue weighted by molar-refractivity contribution is 0.134. The maximum absolute atomic E-state index is 10.3. The molecule has 0 saturated heterocycles. The smallest absolute Gasteiger partial charge is 0.126 e. The maximum atomic E-state index is 10.3. The molecular formula is C15H20O2. The van der Waals surface area contributed by atoms with Crippen LogP contribution in [0.3, 0.4) is 0 Å². The van der Waals surface area contributed by atoms with E-state index < -0.39 is 0 Å². The van der Waals surface area contributed by atoms with Crippen LogP contribution in [-0.2, 0) is 6.42 Å². The van der Waals surface area contributed by atoms with Gasteiger partial charge in [-0.05, 0) is 18.4 Å². The van der Waals surface area contributed by atoms with Gasteiger partial charge in [-0.2, -0.15) is 0 Å². The van der Waals surface area contributed by atoms with Crippen LogP contribution in [0.15, 0.2) is 18.2 Å². The van der Waals surface area contributed by atoms with E-state index in [2.05, 4.69) is 18.2 Å². The highest BCUT2D eigenvalue weighted by Crippen LogP contribution is 2.40. The SMILES string of the molecule is OC1CCCCCC1c1cccc2c1OCC2. The molecule has 1 saturated carbocycles. The second-order valence-electron chi connectivity index (χ2n) is 5.25. The molecule has 2 atom stereocenters. The molecule has 1 fully saturated rings. The van der Waals surface area contributed by atoms with Crippen molar-refractivity contribution in [2.45, 2.75) is 50.5 Å². The molecule has 2 aliphatic rings. The van der Waals surface area contributed by atoms with Crippen molar-refractivity contribution in [1.29, 1.82) is 0 Å². The summed E-state index contributed by atoms with van der Waals surface area (Å²) < 4.78 is 5.76. The summed E-state index contributed by atoms with van der Waals surface area (Å²) >= 11 is 0. The first-order valence-corrected chi connectivity index (χ1v) is 6.79. The van der Waals surface area contributed by atoms with Crippen LogP contribution in [0, 0.1) is 0 Å². The first-order chi connectivity index (χ1) is 8.36. The fourth-order valence-electron chi connectivity index (χ4n) is 3.18. The minimum atomic E-state index is -0.187. The lowest BCUT2D eigenvalue weighted by Crippen LogP contribution is -2.17. The first kappa shape index (κ1) is 11.1. The summed E-state index contributed by atoms with van der Waals surface area (Å²) in [4.78, 5) is 0. The number of aliphatic hydroxyl groups is 1. The molecule has 3 rings (SSSR count). The van der Waals surface area contributed by atoms with Gasteiger partial charge < -0.3 is 9.84 Å². The van der Waals surface area contributed by atoms with E-state index in [0.29, 0.717) is 0 Å². The average molecular weight is 232 g/mol. The van der Waals surface area contributed by atoms with Gasteiger partial charge in [0.15, 0.2) is 0 Å². The number of benzene rings is 1. The molecular weight excluding hydrogens is 212 g/mol. The third kappa shape index (κ3) is 2.06. The van der Waals surface area contributed by atoms with Crippen LogP contribution in [0.4, 0.5) is 0 Å². The molecule has 0 spiro atoms.